The average Bonchev–Trinajstić information content (AvgIpc) is 3.33. The summed E-state index contributed by atoms with van der Waals surface area (Å²) in [5.41, 5.74) is 1.18. The second-order valence-electron chi connectivity index (χ2n) is 8.12. The van der Waals surface area contributed by atoms with Crippen molar-refractivity contribution in [3.05, 3.63) is 67.1 Å². The zero-order valence-corrected chi connectivity index (χ0v) is 19.4. The van der Waals surface area contributed by atoms with E-state index >= 15 is 0 Å². The molecule has 7 nitrogen and oxygen atoms in total. The highest BCUT2D eigenvalue weighted by Crippen LogP contribution is 2.35. The SMILES string of the molecule is CN(CCC(=O)N1CCN(c2ccccn2)CC1)c1ncnc2sc(-c3ccccc3)cc12. The van der Waals surface area contributed by atoms with E-state index in [2.05, 4.69) is 43.0 Å². The van der Waals surface area contributed by atoms with Crippen LogP contribution in [0.5, 0.6) is 0 Å². The molecule has 1 fully saturated rings. The van der Waals surface area contributed by atoms with E-state index in [1.807, 2.05) is 54.5 Å². The van der Waals surface area contributed by atoms with Crippen molar-refractivity contribution >= 4 is 39.1 Å². The molecule has 1 aliphatic heterocycles. The fourth-order valence-corrected chi connectivity index (χ4v) is 5.14. The summed E-state index contributed by atoms with van der Waals surface area (Å²) < 4.78 is 0. The van der Waals surface area contributed by atoms with Gasteiger partial charge in [0.05, 0.1) is 5.39 Å². The van der Waals surface area contributed by atoms with Gasteiger partial charge in [-0.3, -0.25) is 4.79 Å². The number of nitrogens with zero attached hydrogens (tertiary/aromatic N) is 6. The minimum Gasteiger partial charge on any atom is -0.359 e. The first kappa shape index (κ1) is 21.3. The molecule has 0 spiro atoms. The van der Waals surface area contributed by atoms with E-state index in [1.54, 1.807) is 17.7 Å². The number of pyridine rings is 1. The number of hydrogen-bond donors (Lipinski definition) is 0. The van der Waals surface area contributed by atoms with Crippen LogP contribution >= 0.6 is 11.3 Å². The number of rotatable bonds is 6. The number of hydrogen-bond acceptors (Lipinski definition) is 7. The highest BCUT2D eigenvalue weighted by molar-refractivity contribution is 7.21. The van der Waals surface area contributed by atoms with E-state index in [4.69, 9.17) is 0 Å². The van der Waals surface area contributed by atoms with Crippen molar-refractivity contribution in [1.82, 2.24) is 19.9 Å². The van der Waals surface area contributed by atoms with E-state index in [0.29, 0.717) is 13.0 Å². The summed E-state index contributed by atoms with van der Waals surface area (Å²) in [5.74, 6) is 2.03. The van der Waals surface area contributed by atoms with E-state index < -0.39 is 0 Å². The van der Waals surface area contributed by atoms with Crippen molar-refractivity contribution in [2.75, 3.05) is 49.6 Å². The third-order valence-corrected chi connectivity index (χ3v) is 7.09. The maximum atomic E-state index is 12.9. The minimum atomic E-state index is 0.183. The molecule has 5 rings (SSSR count). The van der Waals surface area contributed by atoms with Gasteiger partial charge in [-0.2, -0.15) is 0 Å². The Bertz CT molecular complexity index is 1220. The van der Waals surface area contributed by atoms with Crippen LogP contribution in [0.15, 0.2) is 67.1 Å². The molecule has 8 heteroatoms. The molecule has 1 aromatic carbocycles. The molecule has 4 heterocycles. The van der Waals surface area contributed by atoms with Gasteiger partial charge in [0.25, 0.3) is 0 Å². The van der Waals surface area contributed by atoms with Crippen LogP contribution in [-0.4, -0.2) is 65.5 Å². The third-order valence-electron chi connectivity index (χ3n) is 5.99. The van der Waals surface area contributed by atoms with Crippen molar-refractivity contribution in [2.24, 2.45) is 0 Å². The summed E-state index contributed by atoms with van der Waals surface area (Å²) in [6, 6.07) is 18.4. The van der Waals surface area contributed by atoms with Gasteiger partial charge in [-0.05, 0) is 23.8 Å². The van der Waals surface area contributed by atoms with Crippen LogP contribution in [0, 0.1) is 0 Å². The number of amides is 1. The molecule has 4 aromatic rings. The number of benzene rings is 1. The molecule has 0 radical (unpaired) electrons. The normalized spacial score (nSPS) is 14.0. The van der Waals surface area contributed by atoms with Crippen molar-refractivity contribution in [3.8, 4) is 10.4 Å². The maximum absolute atomic E-state index is 12.9. The molecule has 1 amide bonds. The van der Waals surface area contributed by atoms with Gasteiger partial charge < -0.3 is 14.7 Å². The summed E-state index contributed by atoms with van der Waals surface area (Å²) in [5, 5.41) is 1.03. The van der Waals surface area contributed by atoms with Gasteiger partial charge in [0, 0.05) is 57.3 Å². The minimum absolute atomic E-state index is 0.183. The van der Waals surface area contributed by atoms with Crippen LogP contribution in [0.25, 0.3) is 20.7 Å². The average molecular weight is 459 g/mol. The molecule has 0 N–H and O–H groups in total. The maximum Gasteiger partial charge on any atom is 0.224 e. The molecule has 168 valence electrons. The predicted molar refractivity (Wildman–Crippen MR) is 134 cm³/mol. The largest absolute Gasteiger partial charge is 0.359 e. The lowest BCUT2D eigenvalue weighted by Gasteiger charge is -2.35. The number of fused-ring (bicyclic) bond motifs is 1. The van der Waals surface area contributed by atoms with Crippen LogP contribution in [0.1, 0.15) is 6.42 Å². The van der Waals surface area contributed by atoms with E-state index in [0.717, 1.165) is 48.0 Å². The molecule has 0 bridgehead atoms. The standard InChI is InChI=1S/C25H26N6OS/c1-29(12-10-23(32)31-15-13-30(14-16-31)22-9-5-6-11-26-22)24-20-17-21(19-7-3-2-4-8-19)33-25(20)28-18-27-24/h2-9,11,17-18H,10,12-16H2,1H3. The Kier molecular flexibility index (Phi) is 6.17. The van der Waals surface area contributed by atoms with Gasteiger partial charge >= 0.3 is 0 Å². The lowest BCUT2D eigenvalue weighted by Crippen LogP contribution is -2.49. The Morgan fingerprint density at radius 3 is 2.55 bits per heavy atom. The summed E-state index contributed by atoms with van der Waals surface area (Å²) in [7, 11) is 1.99. The molecule has 0 saturated carbocycles. The van der Waals surface area contributed by atoms with Gasteiger partial charge in [-0.25, -0.2) is 15.0 Å². The number of carbonyl (C=O) groups is 1. The first-order valence-corrected chi connectivity index (χ1v) is 12.0. The Morgan fingerprint density at radius 2 is 1.79 bits per heavy atom. The summed E-state index contributed by atoms with van der Waals surface area (Å²) in [6.45, 7) is 3.68. The van der Waals surface area contributed by atoms with Crippen molar-refractivity contribution in [3.63, 3.8) is 0 Å². The number of aromatic nitrogens is 3. The van der Waals surface area contributed by atoms with E-state index in [9.17, 15) is 4.79 Å². The van der Waals surface area contributed by atoms with Crippen LogP contribution in [0.3, 0.4) is 0 Å². The number of carbonyl (C=O) groups excluding carboxylic acids is 1. The highest BCUT2D eigenvalue weighted by Gasteiger charge is 2.22. The Labute approximate surface area is 197 Å². The quantitative estimate of drug-likeness (QED) is 0.436. The molecule has 33 heavy (non-hydrogen) atoms. The molecule has 0 atom stereocenters. The Morgan fingerprint density at radius 1 is 1.00 bits per heavy atom. The topological polar surface area (TPSA) is 65.5 Å². The van der Waals surface area contributed by atoms with Crippen LogP contribution in [0.2, 0.25) is 0 Å². The first-order chi connectivity index (χ1) is 16.2. The molecular weight excluding hydrogens is 432 g/mol. The van der Waals surface area contributed by atoms with Gasteiger partial charge in [-0.1, -0.05) is 36.4 Å². The molecular formula is C25H26N6OS. The van der Waals surface area contributed by atoms with Gasteiger partial charge in [-0.15, -0.1) is 11.3 Å². The lowest BCUT2D eigenvalue weighted by molar-refractivity contribution is -0.131. The summed E-state index contributed by atoms with van der Waals surface area (Å²) >= 11 is 1.66. The molecule has 0 aliphatic carbocycles. The molecule has 0 unspecified atom stereocenters. The van der Waals surface area contributed by atoms with Crippen LogP contribution in [-0.2, 0) is 4.79 Å². The van der Waals surface area contributed by atoms with Gasteiger partial charge in [0.15, 0.2) is 0 Å². The van der Waals surface area contributed by atoms with Crippen molar-refractivity contribution in [2.45, 2.75) is 6.42 Å². The monoisotopic (exact) mass is 458 g/mol. The number of thiophene rings is 1. The summed E-state index contributed by atoms with van der Waals surface area (Å²) in [4.78, 5) is 34.7. The van der Waals surface area contributed by atoms with Crippen LogP contribution < -0.4 is 9.80 Å². The van der Waals surface area contributed by atoms with Gasteiger partial charge in [0.2, 0.25) is 5.91 Å². The smallest absolute Gasteiger partial charge is 0.224 e. The predicted octanol–water partition coefficient (Wildman–Crippen LogP) is 3.93. The Hall–Kier alpha value is -3.52. The second kappa shape index (κ2) is 9.54. The fourth-order valence-electron chi connectivity index (χ4n) is 4.15. The number of anilines is 2. The zero-order valence-electron chi connectivity index (χ0n) is 18.6. The molecule has 1 aliphatic rings. The second-order valence-corrected chi connectivity index (χ2v) is 9.15. The lowest BCUT2D eigenvalue weighted by atomic mass is 10.2. The third kappa shape index (κ3) is 4.66. The summed E-state index contributed by atoms with van der Waals surface area (Å²) in [6.07, 6.45) is 3.88. The highest BCUT2D eigenvalue weighted by atomic mass is 32.1. The fraction of sp³-hybridized carbons (Fsp3) is 0.280. The van der Waals surface area contributed by atoms with Crippen molar-refractivity contribution < 1.29 is 4.79 Å². The van der Waals surface area contributed by atoms with E-state index in [-0.39, 0.29) is 5.91 Å². The number of piperazine rings is 1. The molecule has 1 saturated heterocycles. The van der Waals surface area contributed by atoms with Gasteiger partial charge in [0.1, 0.15) is 22.8 Å². The van der Waals surface area contributed by atoms with Crippen LogP contribution in [0.4, 0.5) is 11.6 Å². The first-order valence-electron chi connectivity index (χ1n) is 11.1. The molecule has 3 aromatic heterocycles. The zero-order chi connectivity index (χ0) is 22.6. The van der Waals surface area contributed by atoms with E-state index in [1.165, 1.54) is 10.4 Å². The Balaban J connectivity index is 1.21. The van der Waals surface area contributed by atoms with Crippen molar-refractivity contribution in [1.29, 1.82) is 0 Å².